The van der Waals surface area contributed by atoms with Crippen molar-refractivity contribution in [3.8, 4) is 5.75 Å². The highest BCUT2D eigenvalue weighted by Crippen LogP contribution is 2.24. The fourth-order valence-corrected chi connectivity index (χ4v) is 2.89. The van der Waals surface area contributed by atoms with Crippen LogP contribution in [0.1, 0.15) is 37.6 Å². The second-order valence-corrected chi connectivity index (χ2v) is 5.85. The largest absolute Gasteiger partial charge is 0.492 e. The predicted octanol–water partition coefficient (Wildman–Crippen LogP) is 2.33. The maximum atomic E-state index is 12.6. The third kappa shape index (κ3) is 3.18. The molecule has 0 spiro atoms. The van der Waals surface area contributed by atoms with Gasteiger partial charge in [0, 0.05) is 6.07 Å². The number of benzene rings is 1. The first-order valence-electron chi connectivity index (χ1n) is 8.24. The topological polar surface area (TPSA) is 73.2 Å². The van der Waals surface area contributed by atoms with Crippen molar-refractivity contribution in [2.24, 2.45) is 0 Å². The molecule has 1 N–H and O–H groups in total. The Hall–Kier alpha value is -2.63. The molecule has 1 aromatic heterocycles. The van der Waals surface area contributed by atoms with Crippen molar-refractivity contribution < 1.29 is 9.53 Å². The van der Waals surface area contributed by atoms with Crippen LogP contribution in [0.5, 0.6) is 5.75 Å². The van der Waals surface area contributed by atoms with Crippen LogP contribution < -0.4 is 15.6 Å². The zero-order valence-electron chi connectivity index (χ0n) is 13.9. The molecule has 0 saturated heterocycles. The molecule has 6 heteroatoms. The van der Waals surface area contributed by atoms with Crippen molar-refractivity contribution in [2.45, 2.75) is 39.2 Å². The number of aromatic nitrogens is 2. The molecule has 1 amide bonds. The van der Waals surface area contributed by atoms with Crippen LogP contribution in [0.2, 0.25) is 0 Å². The number of hydrogen-bond acceptors (Lipinski definition) is 4. The van der Waals surface area contributed by atoms with Crippen molar-refractivity contribution in [3.63, 3.8) is 0 Å². The molecule has 6 nitrogen and oxygen atoms in total. The van der Waals surface area contributed by atoms with Gasteiger partial charge in [-0.3, -0.25) is 9.59 Å². The van der Waals surface area contributed by atoms with Gasteiger partial charge in [0.1, 0.15) is 11.8 Å². The number of hydrogen-bond donors (Lipinski definition) is 1. The van der Waals surface area contributed by atoms with Crippen LogP contribution in [-0.2, 0) is 17.6 Å². The molecule has 0 aliphatic heterocycles. The minimum Gasteiger partial charge on any atom is -0.492 e. The van der Waals surface area contributed by atoms with Crippen LogP contribution in [0.25, 0.3) is 0 Å². The van der Waals surface area contributed by atoms with E-state index in [4.69, 9.17) is 4.74 Å². The number of aryl methyl sites for hydroxylation is 2. The second-order valence-electron chi connectivity index (χ2n) is 5.85. The first kappa shape index (κ1) is 16.2. The molecular weight excluding hydrogens is 306 g/mol. The molecule has 2 aromatic rings. The summed E-state index contributed by atoms with van der Waals surface area (Å²) in [4.78, 5) is 24.8. The standard InChI is InChI=1S/C18H21N3O3/c1-3-24-16-10-5-4-8-15(16)19-18(23)12(2)21-17(22)11-13-7-6-9-14(13)20-21/h4-5,8,10-12H,3,6-7,9H2,1-2H3,(H,19,23). The lowest BCUT2D eigenvalue weighted by atomic mass is 10.2. The molecule has 0 radical (unpaired) electrons. The van der Waals surface area contributed by atoms with Crippen LogP contribution in [-0.4, -0.2) is 22.3 Å². The van der Waals surface area contributed by atoms with Gasteiger partial charge in [-0.15, -0.1) is 0 Å². The summed E-state index contributed by atoms with van der Waals surface area (Å²) in [5, 5.41) is 7.21. The first-order chi connectivity index (χ1) is 11.6. The average Bonchev–Trinajstić information content (AvgIpc) is 3.02. The fraction of sp³-hybridized carbons (Fsp3) is 0.389. The highest BCUT2D eigenvalue weighted by atomic mass is 16.5. The number of amides is 1. The van der Waals surface area contributed by atoms with E-state index in [1.54, 1.807) is 25.1 Å². The molecule has 24 heavy (non-hydrogen) atoms. The predicted molar refractivity (Wildman–Crippen MR) is 91.5 cm³/mol. The first-order valence-corrected chi connectivity index (χ1v) is 8.24. The molecule has 0 bridgehead atoms. The average molecular weight is 327 g/mol. The van der Waals surface area contributed by atoms with Crippen molar-refractivity contribution in [1.82, 2.24) is 9.78 Å². The Morgan fingerprint density at radius 1 is 1.38 bits per heavy atom. The summed E-state index contributed by atoms with van der Waals surface area (Å²) in [5.74, 6) is 0.310. The molecule has 126 valence electrons. The van der Waals surface area contributed by atoms with Gasteiger partial charge in [0.2, 0.25) is 5.91 Å². The summed E-state index contributed by atoms with van der Waals surface area (Å²) in [7, 11) is 0. The number of ether oxygens (including phenoxy) is 1. The summed E-state index contributed by atoms with van der Waals surface area (Å²) < 4.78 is 6.78. The van der Waals surface area contributed by atoms with Gasteiger partial charge in [0.15, 0.2) is 0 Å². The third-order valence-corrected chi connectivity index (χ3v) is 4.17. The lowest BCUT2D eigenvalue weighted by Gasteiger charge is -2.16. The SMILES string of the molecule is CCOc1ccccc1NC(=O)C(C)n1nc2c(cc1=O)CCC2. The van der Waals surface area contributed by atoms with E-state index in [9.17, 15) is 9.59 Å². The molecule has 1 heterocycles. The molecule has 0 saturated carbocycles. The van der Waals surface area contributed by atoms with Gasteiger partial charge in [-0.1, -0.05) is 12.1 Å². The number of carbonyl (C=O) groups is 1. The molecular formula is C18H21N3O3. The number of anilines is 1. The second kappa shape index (κ2) is 6.86. The van der Waals surface area contributed by atoms with E-state index in [1.165, 1.54) is 4.68 Å². The van der Waals surface area contributed by atoms with Crippen LogP contribution in [0.4, 0.5) is 5.69 Å². The van der Waals surface area contributed by atoms with Gasteiger partial charge < -0.3 is 10.1 Å². The number of nitrogens with one attached hydrogen (secondary N) is 1. The molecule has 1 unspecified atom stereocenters. The quantitative estimate of drug-likeness (QED) is 0.915. The van der Waals surface area contributed by atoms with Crippen LogP contribution in [0, 0.1) is 0 Å². The highest BCUT2D eigenvalue weighted by molar-refractivity contribution is 5.94. The van der Waals surface area contributed by atoms with Crippen molar-refractivity contribution in [3.05, 3.63) is 51.9 Å². The Bertz CT molecular complexity index is 813. The summed E-state index contributed by atoms with van der Waals surface area (Å²) in [5.41, 5.74) is 2.27. The molecule has 3 rings (SSSR count). The Morgan fingerprint density at radius 2 is 2.17 bits per heavy atom. The van der Waals surface area contributed by atoms with E-state index in [2.05, 4.69) is 10.4 Å². The monoisotopic (exact) mass is 327 g/mol. The fourth-order valence-electron chi connectivity index (χ4n) is 2.89. The smallest absolute Gasteiger partial charge is 0.267 e. The van der Waals surface area contributed by atoms with E-state index < -0.39 is 6.04 Å². The molecule has 1 aromatic carbocycles. The summed E-state index contributed by atoms with van der Waals surface area (Å²) in [6, 6.07) is 8.14. The highest BCUT2D eigenvalue weighted by Gasteiger charge is 2.22. The Labute approximate surface area is 140 Å². The van der Waals surface area contributed by atoms with E-state index >= 15 is 0 Å². The van der Waals surface area contributed by atoms with Crippen molar-refractivity contribution in [2.75, 3.05) is 11.9 Å². The minimum absolute atomic E-state index is 0.239. The zero-order valence-corrected chi connectivity index (χ0v) is 13.9. The van der Waals surface area contributed by atoms with Crippen LogP contribution >= 0.6 is 0 Å². The van der Waals surface area contributed by atoms with Gasteiger partial charge in [-0.25, -0.2) is 4.68 Å². The summed E-state index contributed by atoms with van der Waals surface area (Å²) >= 11 is 0. The maximum Gasteiger partial charge on any atom is 0.267 e. The van der Waals surface area contributed by atoms with Gasteiger partial charge in [0.25, 0.3) is 5.56 Å². The van der Waals surface area contributed by atoms with E-state index in [1.807, 2.05) is 19.1 Å². The van der Waals surface area contributed by atoms with Crippen molar-refractivity contribution >= 4 is 11.6 Å². The van der Waals surface area contributed by atoms with E-state index in [-0.39, 0.29) is 11.5 Å². The number of fused-ring (bicyclic) bond motifs is 1. The van der Waals surface area contributed by atoms with Gasteiger partial charge in [0.05, 0.1) is 18.0 Å². The molecule has 1 atom stereocenters. The number of carbonyl (C=O) groups excluding carboxylic acids is 1. The Kier molecular flexibility index (Phi) is 4.64. The van der Waals surface area contributed by atoms with Crippen LogP contribution in [0.3, 0.4) is 0 Å². The van der Waals surface area contributed by atoms with Gasteiger partial charge in [-0.05, 0) is 50.8 Å². The summed E-state index contributed by atoms with van der Waals surface area (Å²) in [6.45, 7) is 4.07. The number of rotatable bonds is 5. The third-order valence-electron chi connectivity index (χ3n) is 4.17. The number of nitrogens with zero attached hydrogens (tertiary/aromatic N) is 2. The Balaban J connectivity index is 1.82. The zero-order chi connectivity index (χ0) is 17.1. The maximum absolute atomic E-state index is 12.6. The number of para-hydroxylation sites is 2. The molecule has 1 aliphatic carbocycles. The van der Waals surface area contributed by atoms with Crippen molar-refractivity contribution in [1.29, 1.82) is 0 Å². The Morgan fingerprint density at radius 3 is 2.96 bits per heavy atom. The van der Waals surface area contributed by atoms with E-state index in [0.29, 0.717) is 18.0 Å². The molecule has 0 fully saturated rings. The molecule has 1 aliphatic rings. The van der Waals surface area contributed by atoms with E-state index in [0.717, 1.165) is 30.5 Å². The van der Waals surface area contributed by atoms with Gasteiger partial charge >= 0.3 is 0 Å². The normalized spacial score (nSPS) is 14.1. The lowest BCUT2D eigenvalue weighted by Crippen LogP contribution is -2.34. The van der Waals surface area contributed by atoms with Gasteiger partial charge in [-0.2, -0.15) is 5.10 Å². The van der Waals surface area contributed by atoms with Crippen LogP contribution in [0.15, 0.2) is 35.1 Å². The summed E-state index contributed by atoms with van der Waals surface area (Å²) in [6.07, 6.45) is 2.76. The lowest BCUT2D eigenvalue weighted by molar-refractivity contribution is -0.119. The minimum atomic E-state index is -0.696.